The average Bonchev–Trinajstić information content (AvgIpc) is 3.47. The van der Waals surface area contributed by atoms with Gasteiger partial charge in [0.15, 0.2) is 23.0 Å². The van der Waals surface area contributed by atoms with E-state index in [2.05, 4.69) is 125 Å². The minimum atomic E-state index is -0.804. The van der Waals surface area contributed by atoms with Gasteiger partial charge >= 0.3 is 11.9 Å². The van der Waals surface area contributed by atoms with Crippen molar-refractivity contribution < 1.29 is 42.7 Å². The Morgan fingerprint density at radius 1 is 0.265 bits per heavy atom. The maximum atomic E-state index is 14.6. The first kappa shape index (κ1) is 75.5. The molecular formula is C74H130O9. The van der Waals surface area contributed by atoms with Crippen LogP contribution in [0.25, 0.3) is 0 Å². The molecule has 0 aliphatic heterocycles. The minimum absolute atomic E-state index is 0.154. The maximum Gasteiger partial charge on any atom is 0.346 e. The summed E-state index contributed by atoms with van der Waals surface area (Å²) in [7, 11) is 0. The first-order valence-electron chi connectivity index (χ1n) is 34.3. The molecule has 0 unspecified atom stereocenters. The van der Waals surface area contributed by atoms with E-state index in [0.29, 0.717) is 145 Å². The predicted molar refractivity (Wildman–Crippen MR) is 350 cm³/mol. The molecule has 0 radical (unpaired) electrons. The third-order valence-electron chi connectivity index (χ3n) is 16.8. The van der Waals surface area contributed by atoms with Crippen LogP contribution in [0.1, 0.15) is 299 Å². The molecule has 0 N–H and O–H groups in total. The van der Waals surface area contributed by atoms with E-state index in [1.54, 1.807) is 24.3 Å². The van der Waals surface area contributed by atoms with Crippen LogP contribution in [0, 0.1) is 71.0 Å². The van der Waals surface area contributed by atoms with Gasteiger partial charge in [0.25, 0.3) is 0 Å². The first-order valence-corrected chi connectivity index (χ1v) is 34.3. The highest BCUT2D eigenvalue weighted by atomic mass is 16.6. The van der Waals surface area contributed by atoms with Crippen LogP contribution in [0.3, 0.4) is 0 Å². The molecule has 0 spiro atoms. The van der Waals surface area contributed by atoms with Crippen molar-refractivity contribution in [3.63, 3.8) is 0 Å². The van der Waals surface area contributed by atoms with E-state index < -0.39 is 11.9 Å². The molecule has 2 aromatic rings. The molecule has 480 valence electrons. The van der Waals surface area contributed by atoms with Crippen LogP contribution >= 0.6 is 0 Å². The highest BCUT2D eigenvalue weighted by molar-refractivity contribution is 6.03. The van der Waals surface area contributed by atoms with Gasteiger partial charge in [-0.1, -0.05) is 240 Å². The molecule has 0 aromatic heterocycles. The smallest absolute Gasteiger partial charge is 0.346 e. The van der Waals surface area contributed by atoms with Crippen LogP contribution in [-0.2, 0) is 4.74 Å². The lowest BCUT2D eigenvalue weighted by atomic mass is 9.97. The Morgan fingerprint density at radius 3 is 0.627 bits per heavy atom. The summed E-state index contributed by atoms with van der Waals surface area (Å²) in [5.41, 5.74) is 0.307. The fourth-order valence-electron chi connectivity index (χ4n) is 10.6. The van der Waals surface area contributed by atoms with Crippen LogP contribution in [0.5, 0.6) is 34.5 Å². The van der Waals surface area contributed by atoms with Crippen molar-refractivity contribution in [3.05, 3.63) is 35.4 Å². The van der Waals surface area contributed by atoms with Gasteiger partial charge in [-0.25, -0.2) is 9.59 Å². The zero-order valence-corrected chi connectivity index (χ0v) is 57.1. The van der Waals surface area contributed by atoms with Crippen molar-refractivity contribution in [2.75, 3.05) is 39.6 Å². The van der Waals surface area contributed by atoms with Gasteiger partial charge in [0, 0.05) is 0 Å². The molecule has 0 saturated carbocycles. The Bertz CT molecular complexity index is 1750. The van der Waals surface area contributed by atoms with Crippen molar-refractivity contribution in [1.82, 2.24) is 0 Å². The number of esters is 2. The Balaban J connectivity index is 2.69. The van der Waals surface area contributed by atoms with Crippen LogP contribution in [0.2, 0.25) is 0 Å². The molecule has 0 saturated heterocycles. The van der Waals surface area contributed by atoms with E-state index in [9.17, 15) is 9.59 Å². The second-order valence-electron chi connectivity index (χ2n) is 28.7. The van der Waals surface area contributed by atoms with Gasteiger partial charge in [-0.2, -0.15) is 0 Å². The third-order valence-corrected chi connectivity index (χ3v) is 16.8. The average molecular weight is 1160 g/mol. The number of hydrogen-bond acceptors (Lipinski definition) is 9. The summed E-state index contributed by atoms with van der Waals surface area (Å²) >= 11 is 0. The molecule has 0 bridgehead atoms. The Hall–Kier alpha value is -3.62. The number of rotatable bonds is 50. The topological polar surface area (TPSA) is 98.8 Å². The molecular weight excluding hydrogens is 1030 g/mol. The Morgan fingerprint density at radius 2 is 0.446 bits per heavy atom. The molecule has 6 atom stereocenters. The monoisotopic (exact) mass is 1160 g/mol. The van der Waals surface area contributed by atoms with Gasteiger partial charge in [-0.3, -0.25) is 0 Å². The molecule has 9 heteroatoms. The number of carbonyl (C=O) groups is 2. The highest BCUT2D eigenvalue weighted by Crippen LogP contribution is 2.42. The molecule has 0 amide bonds. The lowest BCUT2D eigenvalue weighted by Crippen LogP contribution is -2.16. The van der Waals surface area contributed by atoms with Crippen molar-refractivity contribution in [1.29, 1.82) is 0 Å². The van der Waals surface area contributed by atoms with Crippen LogP contribution in [0.4, 0.5) is 0 Å². The van der Waals surface area contributed by atoms with E-state index >= 15 is 0 Å². The first-order chi connectivity index (χ1) is 39.4. The van der Waals surface area contributed by atoms with E-state index in [1.165, 1.54) is 77.0 Å². The second-order valence-corrected chi connectivity index (χ2v) is 28.7. The fourth-order valence-corrected chi connectivity index (χ4v) is 10.6. The molecule has 0 fully saturated rings. The van der Waals surface area contributed by atoms with Gasteiger partial charge in [-0.05, 0) is 134 Å². The molecule has 2 aromatic carbocycles. The molecule has 83 heavy (non-hydrogen) atoms. The summed E-state index contributed by atoms with van der Waals surface area (Å²) in [5, 5.41) is 0. The van der Waals surface area contributed by atoms with Gasteiger partial charge in [-0.15, -0.1) is 0 Å². The normalized spacial score (nSPS) is 14.1. The summed E-state index contributed by atoms with van der Waals surface area (Å²) in [6.07, 6.45) is 26.2. The molecule has 0 heterocycles. The van der Waals surface area contributed by atoms with Crippen molar-refractivity contribution >= 4 is 11.9 Å². The van der Waals surface area contributed by atoms with E-state index in [-0.39, 0.29) is 11.1 Å². The van der Waals surface area contributed by atoms with Crippen molar-refractivity contribution in [3.8, 4) is 34.5 Å². The van der Waals surface area contributed by atoms with Crippen LogP contribution in [0.15, 0.2) is 24.3 Å². The molecule has 0 aliphatic carbocycles. The van der Waals surface area contributed by atoms with Gasteiger partial charge < -0.3 is 33.2 Å². The number of carbonyl (C=O) groups excluding carboxylic acids is 2. The largest absolute Gasteiger partial charge is 0.490 e. The zero-order valence-electron chi connectivity index (χ0n) is 57.1. The zero-order chi connectivity index (χ0) is 61.7. The quantitative estimate of drug-likeness (QED) is 0.0474. The predicted octanol–water partition coefficient (Wildman–Crippen LogP) is 22.1. The lowest BCUT2D eigenvalue weighted by Gasteiger charge is -2.21. The van der Waals surface area contributed by atoms with Gasteiger partial charge in [0.2, 0.25) is 11.5 Å². The Labute approximate surface area is 511 Å². The summed E-state index contributed by atoms with van der Waals surface area (Å²) in [4.78, 5) is 29.3. The van der Waals surface area contributed by atoms with Crippen LogP contribution in [-0.4, -0.2) is 51.6 Å². The number of ether oxygens (including phenoxy) is 7. The van der Waals surface area contributed by atoms with Crippen molar-refractivity contribution in [2.24, 2.45) is 71.0 Å². The molecule has 0 aliphatic rings. The van der Waals surface area contributed by atoms with E-state index in [1.807, 2.05) is 0 Å². The molecule has 9 nitrogen and oxygen atoms in total. The maximum absolute atomic E-state index is 14.6. The third kappa shape index (κ3) is 36.2. The molecule has 2 rings (SSSR count). The van der Waals surface area contributed by atoms with Gasteiger partial charge in [0.1, 0.15) is 0 Å². The standard InChI is InChI=1S/C74H130O9/c1-53(2)25-19-31-59(13)37-43-77-67-49-65(50-68(78-44-38-60(14)32-20-26-54(3)4)71(67)81-47-41-63(17)35-23-29-57(9)10)73(75)83-74(76)66-51-69(79-45-39-61(15)33-21-27-55(5)6)72(82-48-42-64(18)36-24-30-58(11)12)70(52-66)80-46-40-62(16)34-22-28-56(7)8/h49-64H,19-48H2,1-18H3/t59-,60-,61-,62-,63-,64-/m0/s1. The summed E-state index contributed by atoms with van der Waals surface area (Å²) in [6.45, 7) is 43.8. The number of benzene rings is 2. The number of hydrogen-bond donors (Lipinski definition) is 0. The Kier molecular flexibility index (Phi) is 39.9. The summed E-state index contributed by atoms with van der Waals surface area (Å²) in [6, 6.07) is 6.71. The highest BCUT2D eigenvalue weighted by Gasteiger charge is 2.26. The van der Waals surface area contributed by atoms with E-state index in [4.69, 9.17) is 33.2 Å². The van der Waals surface area contributed by atoms with Crippen molar-refractivity contribution in [2.45, 2.75) is 279 Å². The van der Waals surface area contributed by atoms with E-state index in [0.717, 1.165) is 77.0 Å². The van der Waals surface area contributed by atoms with Gasteiger partial charge in [0.05, 0.1) is 50.8 Å². The SMILES string of the molecule is CC(C)CCC[C@H](C)CCOc1cc(C(=O)OC(=O)c2cc(OCC[C@@H](C)CCCC(C)C)c(OCC[C@@H](C)CCCC(C)C)c(OCC[C@@H](C)CCCC(C)C)c2)cc(OCC[C@@H](C)CCCC(C)C)c1OCC[C@@H](C)CCCC(C)C. The lowest BCUT2D eigenvalue weighted by molar-refractivity contribution is 0.0395. The van der Waals surface area contributed by atoms with Crippen LogP contribution < -0.4 is 28.4 Å². The minimum Gasteiger partial charge on any atom is -0.490 e. The second kappa shape index (κ2) is 43.9. The summed E-state index contributed by atoms with van der Waals surface area (Å²) < 4.78 is 45.9. The fraction of sp³-hybridized carbons (Fsp3) is 0.811. The summed E-state index contributed by atoms with van der Waals surface area (Å²) in [5.74, 6) is 7.94.